The minimum Gasteiger partial charge on any atom is -0.208 e. The van der Waals surface area contributed by atoms with Gasteiger partial charge in [-0.2, -0.15) is 0 Å². The lowest BCUT2D eigenvalue weighted by Crippen LogP contribution is -2.28. The SMILES string of the molecule is CC1(C)c2ccccc2-c2ccc3c(-c4ccc(-c5nc(-c6ccc7c(c6)C(c6ccccc6)(c6ccccc6)c6ccccc6-7)nc(-c6ccc7ccccc7c6)n5)c5ccccc45)cccc3c21. The molecule has 0 aliphatic heterocycles. The summed E-state index contributed by atoms with van der Waals surface area (Å²) in [6.45, 7) is 4.74. The van der Waals surface area contributed by atoms with E-state index in [0.29, 0.717) is 17.5 Å². The predicted octanol–water partition coefficient (Wildman–Crippen LogP) is 16.7. The summed E-state index contributed by atoms with van der Waals surface area (Å²) in [5.74, 6) is 1.89. The molecule has 0 saturated carbocycles. The van der Waals surface area contributed by atoms with Crippen LogP contribution in [0, 0.1) is 0 Å². The Morgan fingerprint density at radius 1 is 0.286 bits per heavy atom. The summed E-state index contributed by atoms with van der Waals surface area (Å²) >= 11 is 0. The van der Waals surface area contributed by atoms with Gasteiger partial charge in [0.15, 0.2) is 17.5 Å². The maximum absolute atomic E-state index is 5.48. The van der Waals surface area contributed by atoms with Crippen LogP contribution in [-0.4, -0.2) is 15.0 Å². The van der Waals surface area contributed by atoms with Crippen LogP contribution >= 0.6 is 0 Å². The number of aromatic nitrogens is 3. The number of rotatable bonds is 6. The lowest BCUT2D eigenvalue weighted by Gasteiger charge is -2.34. The predicted molar refractivity (Wildman–Crippen MR) is 289 cm³/mol. The van der Waals surface area contributed by atoms with Gasteiger partial charge in [0.2, 0.25) is 0 Å². The van der Waals surface area contributed by atoms with Crippen molar-refractivity contribution >= 4 is 32.3 Å². The molecule has 11 aromatic carbocycles. The van der Waals surface area contributed by atoms with Crippen LogP contribution in [0.25, 0.3) is 99.9 Å². The summed E-state index contributed by atoms with van der Waals surface area (Å²) < 4.78 is 0. The lowest BCUT2D eigenvalue weighted by molar-refractivity contribution is 0.666. The first-order chi connectivity index (χ1) is 34.5. The van der Waals surface area contributed by atoms with Gasteiger partial charge in [-0.05, 0) is 117 Å². The molecule has 2 aliphatic rings. The van der Waals surface area contributed by atoms with Crippen LogP contribution in [0.2, 0.25) is 0 Å². The molecule has 2 aliphatic carbocycles. The average molecular weight is 892 g/mol. The molecule has 0 fully saturated rings. The van der Waals surface area contributed by atoms with Crippen molar-refractivity contribution < 1.29 is 0 Å². The monoisotopic (exact) mass is 891 g/mol. The van der Waals surface area contributed by atoms with Gasteiger partial charge in [0.25, 0.3) is 0 Å². The van der Waals surface area contributed by atoms with Gasteiger partial charge in [0, 0.05) is 22.1 Å². The van der Waals surface area contributed by atoms with E-state index in [1.54, 1.807) is 0 Å². The molecular formula is C67H45N3. The second-order valence-corrected chi connectivity index (χ2v) is 19.4. The van der Waals surface area contributed by atoms with Crippen molar-refractivity contribution in [3.05, 3.63) is 270 Å². The Morgan fingerprint density at radius 2 is 0.757 bits per heavy atom. The molecule has 0 spiro atoms. The molecular weight excluding hydrogens is 847 g/mol. The molecule has 0 saturated heterocycles. The minimum atomic E-state index is -0.561. The zero-order valence-electron chi connectivity index (χ0n) is 38.9. The highest BCUT2D eigenvalue weighted by molar-refractivity contribution is 6.11. The number of hydrogen-bond donors (Lipinski definition) is 0. The molecule has 70 heavy (non-hydrogen) atoms. The molecule has 328 valence electrons. The van der Waals surface area contributed by atoms with Gasteiger partial charge in [-0.3, -0.25) is 0 Å². The number of benzene rings is 11. The zero-order chi connectivity index (χ0) is 46.6. The van der Waals surface area contributed by atoms with Gasteiger partial charge < -0.3 is 0 Å². The average Bonchev–Trinajstić information content (AvgIpc) is 3.86. The largest absolute Gasteiger partial charge is 0.208 e. The maximum Gasteiger partial charge on any atom is 0.164 e. The molecule has 14 rings (SSSR count). The quantitative estimate of drug-likeness (QED) is 0.167. The van der Waals surface area contributed by atoms with E-state index in [2.05, 4.69) is 250 Å². The Hall–Kier alpha value is -8.79. The second-order valence-electron chi connectivity index (χ2n) is 19.4. The summed E-state index contributed by atoms with van der Waals surface area (Å²) in [5, 5.41) is 7.09. The van der Waals surface area contributed by atoms with Crippen molar-refractivity contribution in [2.75, 3.05) is 0 Å². The summed E-state index contributed by atoms with van der Waals surface area (Å²) in [4.78, 5) is 16.3. The molecule has 0 bridgehead atoms. The van der Waals surface area contributed by atoms with Crippen LogP contribution in [0.5, 0.6) is 0 Å². The molecule has 0 atom stereocenters. The fourth-order valence-corrected chi connectivity index (χ4v) is 12.3. The van der Waals surface area contributed by atoms with Crippen molar-refractivity contribution in [3.8, 4) is 67.5 Å². The van der Waals surface area contributed by atoms with Crippen molar-refractivity contribution in [2.24, 2.45) is 0 Å². The molecule has 12 aromatic rings. The topological polar surface area (TPSA) is 38.7 Å². The van der Waals surface area contributed by atoms with Crippen LogP contribution in [0.4, 0.5) is 0 Å². The van der Waals surface area contributed by atoms with Crippen LogP contribution in [0.1, 0.15) is 47.2 Å². The smallest absolute Gasteiger partial charge is 0.164 e. The van der Waals surface area contributed by atoms with Gasteiger partial charge in [0.05, 0.1) is 5.41 Å². The Bertz CT molecular complexity index is 4060. The Labute approximate surface area is 407 Å². The summed E-state index contributed by atoms with van der Waals surface area (Å²) in [6, 6.07) is 86.2. The second kappa shape index (κ2) is 15.4. The molecule has 1 heterocycles. The van der Waals surface area contributed by atoms with E-state index in [-0.39, 0.29) is 5.41 Å². The third kappa shape index (κ3) is 5.85. The molecule has 0 N–H and O–H groups in total. The Balaban J connectivity index is 0.978. The van der Waals surface area contributed by atoms with E-state index >= 15 is 0 Å². The normalized spacial score (nSPS) is 13.8. The fraction of sp³-hybridized carbons (Fsp3) is 0.0597. The maximum atomic E-state index is 5.48. The molecule has 0 unspecified atom stereocenters. The van der Waals surface area contributed by atoms with E-state index < -0.39 is 5.41 Å². The third-order valence-corrected chi connectivity index (χ3v) is 15.4. The van der Waals surface area contributed by atoms with Crippen molar-refractivity contribution in [2.45, 2.75) is 24.7 Å². The number of fused-ring (bicyclic) bond motifs is 10. The summed E-state index contributed by atoms with van der Waals surface area (Å²) in [7, 11) is 0. The van der Waals surface area contributed by atoms with Crippen molar-refractivity contribution in [3.63, 3.8) is 0 Å². The summed E-state index contributed by atoms with van der Waals surface area (Å²) in [5.41, 5.74) is 17.3. The lowest BCUT2D eigenvalue weighted by atomic mass is 9.67. The third-order valence-electron chi connectivity index (χ3n) is 15.4. The highest BCUT2D eigenvalue weighted by Crippen LogP contribution is 2.57. The zero-order valence-corrected chi connectivity index (χ0v) is 38.9. The Morgan fingerprint density at radius 3 is 1.50 bits per heavy atom. The number of nitrogens with zero attached hydrogens (tertiary/aromatic N) is 3. The minimum absolute atomic E-state index is 0.122. The van der Waals surface area contributed by atoms with Crippen LogP contribution < -0.4 is 0 Å². The standard InChI is InChI=1S/C67H45N3/c1-66(2)59-30-15-13-27-54(59)57-38-36-52-49(28-17-29-56(52)62(57)66)51-37-39-58(50-25-12-11-24-48(50)51)65-69-63(44-33-32-42-18-9-10-19-43(42)40-44)68-64(70-65)45-34-35-55-53-26-14-16-31-60(53)67(61(55)41-45,46-20-5-3-6-21-46)47-22-7-4-8-23-47/h3-41H,1-2H3. The van der Waals surface area contributed by atoms with Crippen LogP contribution in [0.15, 0.2) is 237 Å². The molecule has 0 radical (unpaired) electrons. The number of hydrogen-bond acceptors (Lipinski definition) is 3. The fourth-order valence-electron chi connectivity index (χ4n) is 12.3. The molecule has 0 amide bonds. The van der Waals surface area contributed by atoms with E-state index in [0.717, 1.165) is 32.8 Å². The van der Waals surface area contributed by atoms with Gasteiger partial charge in [-0.1, -0.05) is 232 Å². The van der Waals surface area contributed by atoms with E-state index in [1.807, 2.05) is 0 Å². The first kappa shape index (κ1) is 40.3. The van der Waals surface area contributed by atoms with Crippen LogP contribution in [-0.2, 0) is 10.8 Å². The first-order valence-corrected chi connectivity index (χ1v) is 24.3. The molecule has 3 heteroatoms. The highest BCUT2D eigenvalue weighted by atomic mass is 15.0. The van der Waals surface area contributed by atoms with Gasteiger partial charge in [-0.25, -0.2) is 15.0 Å². The Kier molecular flexibility index (Phi) is 8.84. The first-order valence-electron chi connectivity index (χ1n) is 24.3. The summed E-state index contributed by atoms with van der Waals surface area (Å²) in [6.07, 6.45) is 0. The van der Waals surface area contributed by atoms with E-state index in [4.69, 9.17) is 15.0 Å². The van der Waals surface area contributed by atoms with Crippen molar-refractivity contribution in [1.29, 1.82) is 0 Å². The van der Waals surface area contributed by atoms with Gasteiger partial charge >= 0.3 is 0 Å². The highest BCUT2D eigenvalue weighted by Gasteiger charge is 2.46. The van der Waals surface area contributed by atoms with E-state index in [1.165, 1.54) is 82.9 Å². The van der Waals surface area contributed by atoms with Gasteiger partial charge in [-0.15, -0.1) is 0 Å². The molecule has 3 nitrogen and oxygen atoms in total. The van der Waals surface area contributed by atoms with Crippen LogP contribution in [0.3, 0.4) is 0 Å². The van der Waals surface area contributed by atoms with Crippen molar-refractivity contribution in [1.82, 2.24) is 15.0 Å². The van der Waals surface area contributed by atoms with E-state index in [9.17, 15) is 0 Å². The van der Waals surface area contributed by atoms with Gasteiger partial charge in [0.1, 0.15) is 0 Å². The molecule has 1 aromatic heterocycles.